The molecule has 0 saturated carbocycles. The molecule has 150 valence electrons. The summed E-state index contributed by atoms with van der Waals surface area (Å²) in [6.45, 7) is 7.95. The van der Waals surface area contributed by atoms with Crippen molar-refractivity contribution in [1.82, 2.24) is 0 Å². The van der Waals surface area contributed by atoms with Crippen molar-refractivity contribution in [2.75, 3.05) is 10.2 Å². The Hall–Kier alpha value is -3.66. The molecule has 0 aliphatic carbocycles. The minimum absolute atomic E-state index is 0.302. The van der Waals surface area contributed by atoms with Gasteiger partial charge in [-0.25, -0.2) is 4.90 Å². The normalized spacial score (nSPS) is 13.9. The van der Waals surface area contributed by atoms with E-state index in [0.717, 1.165) is 33.5 Å². The topological polar surface area (TPSA) is 49.4 Å². The third-order valence-corrected chi connectivity index (χ3v) is 5.35. The van der Waals surface area contributed by atoms with Gasteiger partial charge in [-0.05, 0) is 63.1 Å². The minimum atomic E-state index is -0.348. The fourth-order valence-corrected chi connectivity index (χ4v) is 3.70. The molecule has 4 nitrogen and oxygen atoms in total. The number of carbonyl (C=O) groups excluding carboxylic acids is 2. The zero-order valence-corrected chi connectivity index (χ0v) is 17.6. The molecule has 0 saturated heterocycles. The first kappa shape index (κ1) is 19.6. The third-order valence-electron chi connectivity index (χ3n) is 5.35. The van der Waals surface area contributed by atoms with Gasteiger partial charge in [-0.3, -0.25) is 9.59 Å². The van der Waals surface area contributed by atoms with E-state index >= 15 is 0 Å². The van der Waals surface area contributed by atoms with Crippen molar-refractivity contribution >= 4 is 28.8 Å². The van der Waals surface area contributed by atoms with Crippen LogP contribution in [0.4, 0.5) is 11.4 Å². The highest BCUT2D eigenvalue weighted by Gasteiger charge is 2.40. The molecule has 4 rings (SSSR count). The van der Waals surface area contributed by atoms with Gasteiger partial charge in [0, 0.05) is 5.69 Å². The number of carbonyl (C=O) groups is 2. The first-order valence-electron chi connectivity index (χ1n) is 9.96. The Morgan fingerprint density at radius 1 is 0.667 bits per heavy atom. The number of amides is 2. The zero-order valence-electron chi connectivity index (χ0n) is 17.6. The summed E-state index contributed by atoms with van der Waals surface area (Å²) in [6, 6.07) is 21.1. The Balaban J connectivity index is 1.84. The minimum Gasteiger partial charge on any atom is -0.350 e. The van der Waals surface area contributed by atoms with Crippen LogP contribution >= 0.6 is 0 Å². The van der Waals surface area contributed by atoms with E-state index in [9.17, 15) is 9.59 Å². The van der Waals surface area contributed by atoms with Crippen molar-refractivity contribution in [1.29, 1.82) is 0 Å². The SMILES string of the molecule is Cc1ccc(NC2=C(c3ccc(C)cc3C)C(=O)N(c3ccc(C)cc3)C2=O)cc1. The van der Waals surface area contributed by atoms with Crippen LogP contribution in [0.15, 0.2) is 72.4 Å². The average molecular weight is 396 g/mol. The highest BCUT2D eigenvalue weighted by molar-refractivity contribution is 6.46. The van der Waals surface area contributed by atoms with Crippen LogP contribution in [0.5, 0.6) is 0 Å². The van der Waals surface area contributed by atoms with Gasteiger partial charge < -0.3 is 5.32 Å². The van der Waals surface area contributed by atoms with E-state index in [-0.39, 0.29) is 11.8 Å². The molecule has 0 fully saturated rings. The molecule has 0 radical (unpaired) electrons. The lowest BCUT2D eigenvalue weighted by atomic mass is 9.97. The summed E-state index contributed by atoms with van der Waals surface area (Å²) in [6.07, 6.45) is 0. The number of imide groups is 1. The molecule has 1 N–H and O–H groups in total. The summed E-state index contributed by atoms with van der Waals surface area (Å²) in [4.78, 5) is 28.2. The summed E-state index contributed by atoms with van der Waals surface area (Å²) in [7, 11) is 0. The van der Waals surface area contributed by atoms with Gasteiger partial charge in [-0.15, -0.1) is 0 Å². The van der Waals surface area contributed by atoms with Gasteiger partial charge in [0.25, 0.3) is 11.8 Å². The third kappa shape index (κ3) is 3.52. The van der Waals surface area contributed by atoms with E-state index in [1.165, 1.54) is 4.90 Å². The van der Waals surface area contributed by atoms with Crippen LogP contribution in [0.1, 0.15) is 27.8 Å². The van der Waals surface area contributed by atoms with Gasteiger partial charge in [-0.2, -0.15) is 0 Å². The highest BCUT2D eigenvalue weighted by atomic mass is 16.2. The first-order valence-corrected chi connectivity index (χ1v) is 9.96. The maximum atomic E-state index is 13.5. The molecule has 1 heterocycles. The molecule has 3 aromatic rings. The van der Waals surface area contributed by atoms with Crippen molar-refractivity contribution in [3.05, 3.63) is 100 Å². The molecule has 4 heteroatoms. The molecule has 0 aromatic heterocycles. The molecule has 1 aliphatic rings. The smallest absolute Gasteiger partial charge is 0.282 e. The largest absolute Gasteiger partial charge is 0.350 e. The number of benzene rings is 3. The Kier molecular flexibility index (Phi) is 5.00. The van der Waals surface area contributed by atoms with E-state index in [1.54, 1.807) is 12.1 Å². The van der Waals surface area contributed by atoms with Crippen LogP contribution in [-0.2, 0) is 9.59 Å². The van der Waals surface area contributed by atoms with E-state index in [2.05, 4.69) is 5.32 Å². The standard InChI is InChI=1S/C26H24N2O2/c1-16-5-10-20(11-6-16)27-24-23(22-14-9-18(3)15-19(22)4)25(29)28(26(24)30)21-12-7-17(2)8-13-21/h5-15,27H,1-4H3. The number of hydrogen-bond acceptors (Lipinski definition) is 3. The second-order valence-corrected chi connectivity index (χ2v) is 7.84. The average Bonchev–Trinajstić information content (AvgIpc) is 2.95. The van der Waals surface area contributed by atoms with Crippen molar-refractivity contribution in [3.63, 3.8) is 0 Å². The maximum Gasteiger partial charge on any atom is 0.282 e. The Morgan fingerprint density at radius 3 is 1.83 bits per heavy atom. The zero-order chi connectivity index (χ0) is 21.4. The monoisotopic (exact) mass is 396 g/mol. The van der Waals surface area contributed by atoms with Crippen LogP contribution in [-0.4, -0.2) is 11.8 Å². The number of rotatable bonds is 4. The van der Waals surface area contributed by atoms with Crippen molar-refractivity contribution in [3.8, 4) is 0 Å². The predicted octanol–water partition coefficient (Wildman–Crippen LogP) is 5.32. The fourth-order valence-electron chi connectivity index (χ4n) is 3.70. The quantitative estimate of drug-likeness (QED) is 0.608. The number of hydrogen-bond donors (Lipinski definition) is 1. The Bertz CT molecular complexity index is 1170. The molecule has 0 bridgehead atoms. The molecule has 2 amide bonds. The molecule has 0 unspecified atom stereocenters. The summed E-state index contributed by atoms with van der Waals surface area (Å²) in [5.41, 5.74) is 7.07. The van der Waals surface area contributed by atoms with E-state index in [1.807, 2.05) is 82.3 Å². The molecule has 3 aromatic carbocycles. The molecule has 1 aliphatic heterocycles. The number of nitrogens with zero attached hydrogens (tertiary/aromatic N) is 1. The Labute approximate surface area is 176 Å². The predicted molar refractivity (Wildman–Crippen MR) is 121 cm³/mol. The van der Waals surface area contributed by atoms with Crippen LogP contribution in [0, 0.1) is 27.7 Å². The fraction of sp³-hybridized carbons (Fsp3) is 0.154. The van der Waals surface area contributed by atoms with Gasteiger partial charge in [0.05, 0.1) is 11.3 Å². The first-order chi connectivity index (χ1) is 14.3. The van der Waals surface area contributed by atoms with Crippen LogP contribution in [0.3, 0.4) is 0 Å². The van der Waals surface area contributed by atoms with Crippen molar-refractivity contribution in [2.45, 2.75) is 27.7 Å². The second kappa shape index (κ2) is 7.64. The maximum absolute atomic E-state index is 13.5. The van der Waals surface area contributed by atoms with Gasteiger partial charge in [-0.1, -0.05) is 59.2 Å². The summed E-state index contributed by atoms with van der Waals surface area (Å²) in [5, 5.41) is 3.22. The van der Waals surface area contributed by atoms with Crippen LogP contribution in [0.25, 0.3) is 5.57 Å². The number of anilines is 2. The van der Waals surface area contributed by atoms with E-state index in [0.29, 0.717) is 17.0 Å². The van der Waals surface area contributed by atoms with Gasteiger partial charge in [0.2, 0.25) is 0 Å². The van der Waals surface area contributed by atoms with Gasteiger partial charge >= 0.3 is 0 Å². The second-order valence-electron chi connectivity index (χ2n) is 7.84. The van der Waals surface area contributed by atoms with E-state index < -0.39 is 0 Å². The van der Waals surface area contributed by atoms with Crippen molar-refractivity contribution < 1.29 is 9.59 Å². The lowest BCUT2D eigenvalue weighted by Crippen LogP contribution is -2.32. The number of aryl methyl sites for hydroxylation is 4. The Morgan fingerprint density at radius 2 is 1.23 bits per heavy atom. The molecular weight excluding hydrogens is 372 g/mol. The van der Waals surface area contributed by atoms with Crippen LogP contribution in [0.2, 0.25) is 0 Å². The molecule has 0 atom stereocenters. The highest BCUT2D eigenvalue weighted by Crippen LogP contribution is 2.35. The molecular formula is C26H24N2O2. The summed E-state index contributed by atoms with van der Waals surface area (Å²) >= 11 is 0. The summed E-state index contributed by atoms with van der Waals surface area (Å²) in [5.74, 6) is -0.662. The van der Waals surface area contributed by atoms with Gasteiger partial charge in [0.1, 0.15) is 5.70 Å². The molecule has 0 spiro atoms. The van der Waals surface area contributed by atoms with Crippen LogP contribution < -0.4 is 10.2 Å². The molecule has 30 heavy (non-hydrogen) atoms. The van der Waals surface area contributed by atoms with Gasteiger partial charge in [0.15, 0.2) is 0 Å². The summed E-state index contributed by atoms with van der Waals surface area (Å²) < 4.78 is 0. The van der Waals surface area contributed by atoms with E-state index in [4.69, 9.17) is 0 Å². The lowest BCUT2D eigenvalue weighted by Gasteiger charge is -2.16. The lowest BCUT2D eigenvalue weighted by molar-refractivity contribution is -0.120. The number of nitrogens with one attached hydrogen (secondary N) is 1. The van der Waals surface area contributed by atoms with Crippen molar-refractivity contribution in [2.24, 2.45) is 0 Å².